The number of rotatable bonds is 5. The molecule has 1 aliphatic heterocycles. The minimum Gasteiger partial charge on any atom is -0.313 e. The molecule has 1 aliphatic carbocycles. The molecular weight excluding hydrogens is 260 g/mol. The predicted molar refractivity (Wildman–Crippen MR) is 78.6 cm³/mol. The molecule has 2 unspecified atom stereocenters. The van der Waals surface area contributed by atoms with Crippen molar-refractivity contribution in [2.24, 2.45) is 5.92 Å². The molecule has 19 heavy (non-hydrogen) atoms. The smallest absolute Gasteiger partial charge is 0.213 e. The first-order valence-corrected chi connectivity index (χ1v) is 9.45. The Morgan fingerprint density at radius 3 is 2.42 bits per heavy atom. The molecule has 0 radical (unpaired) electrons. The van der Waals surface area contributed by atoms with Gasteiger partial charge in [0.1, 0.15) is 0 Å². The van der Waals surface area contributed by atoms with Gasteiger partial charge in [-0.15, -0.1) is 0 Å². The van der Waals surface area contributed by atoms with Crippen LogP contribution >= 0.6 is 0 Å². The average molecular weight is 288 g/mol. The molecule has 2 fully saturated rings. The van der Waals surface area contributed by atoms with Gasteiger partial charge in [-0.25, -0.2) is 13.1 Å². The molecule has 0 aromatic carbocycles. The molecule has 1 saturated carbocycles. The fourth-order valence-corrected chi connectivity index (χ4v) is 5.06. The van der Waals surface area contributed by atoms with Crippen LogP contribution in [0.5, 0.6) is 0 Å². The first kappa shape index (κ1) is 15.3. The first-order chi connectivity index (χ1) is 9.07. The summed E-state index contributed by atoms with van der Waals surface area (Å²) in [4.78, 5) is 0. The van der Waals surface area contributed by atoms with Crippen molar-refractivity contribution in [3.63, 3.8) is 0 Å². The average Bonchev–Trinajstić information content (AvgIpc) is 2.39. The van der Waals surface area contributed by atoms with Crippen molar-refractivity contribution in [1.82, 2.24) is 10.0 Å². The van der Waals surface area contributed by atoms with Crippen LogP contribution < -0.4 is 10.0 Å². The number of piperidine rings is 1. The summed E-state index contributed by atoms with van der Waals surface area (Å²) in [7, 11) is -3.14. The number of nitrogens with one attached hydrogen (secondary N) is 2. The summed E-state index contributed by atoms with van der Waals surface area (Å²) in [5, 5.41) is 3.31. The predicted octanol–water partition coefficient (Wildman–Crippen LogP) is 2.02. The van der Waals surface area contributed by atoms with Crippen molar-refractivity contribution in [2.45, 2.75) is 70.4 Å². The van der Waals surface area contributed by atoms with Gasteiger partial charge in [-0.3, -0.25) is 0 Å². The molecule has 4 nitrogen and oxygen atoms in total. The molecule has 0 aromatic heterocycles. The van der Waals surface area contributed by atoms with Crippen LogP contribution in [-0.2, 0) is 10.0 Å². The molecule has 2 rings (SSSR count). The Morgan fingerprint density at radius 1 is 1.11 bits per heavy atom. The van der Waals surface area contributed by atoms with E-state index in [-0.39, 0.29) is 17.8 Å². The van der Waals surface area contributed by atoms with E-state index in [0.717, 1.165) is 19.4 Å². The Morgan fingerprint density at radius 2 is 1.79 bits per heavy atom. The molecule has 0 spiro atoms. The van der Waals surface area contributed by atoms with Gasteiger partial charge in [0.25, 0.3) is 0 Å². The zero-order valence-corrected chi connectivity index (χ0v) is 12.8. The van der Waals surface area contributed by atoms with Gasteiger partial charge in [0.15, 0.2) is 0 Å². The van der Waals surface area contributed by atoms with Crippen LogP contribution in [0.2, 0.25) is 0 Å². The quantitative estimate of drug-likeness (QED) is 0.813. The second kappa shape index (κ2) is 7.04. The Balaban J connectivity index is 1.81. The second-order valence-electron chi connectivity index (χ2n) is 6.23. The molecule has 1 heterocycles. The van der Waals surface area contributed by atoms with Gasteiger partial charge in [-0.2, -0.15) is 0 Å². The van der Waals surface area contributed by atoms with Crippen LogP contribution in [0.1, 0.15) is 58.3 Å². The van der Waals surface area contributed by atoms with Gasteiger partial charge in [0.2, 0.25) is 10.0 Å². The molecular formula is C14H28N2O2S. The van der Waals surface area contributed by atoms with Gasteiger partial charge in [0.05, 0.1) is 5.75 Å². The third-order valence-electron chi connectivity index (χ3n) is 4.56. The van der Waals surface area contributed by atoms with Crippen molar-refractivity contribution >= 4 is 10.0 Å². The zero-order valence-electron chi connectivity index (χ0n) is 12.0. The highest BCUT2D eigenvalue weighted by atomic mass is 32.2. The van der Waals surface area contributed by atoms with Crippen LogP contribution in [0.4, 0.5) is 0 Å². The summed E-state index contributed by atoms with van der Waals surface area (Å²) < 4.78 is 27.3. The van der Waals surface area contributed by atoms with E-state index in [2.05, 4.69) is 10.0 Å². The molecule has 0 bridgehead atoms. The molecule has 5 heteroatoms. The summed E-state index contributed by atoms with van der Waals surface area (Å²) in [6.07, 6.45) is 9.45. The van der Waals surface area contributed by atoms with E-state index in [0.29, 0.717) is 5.92 Å². The first-order valence-electron chi connectivity index (χ1n) is 7.80. The minimum atomic E-state index is -3.14. The van der Waals surface area contributed by atoms with E-state index in [9.17, 15) is 8.42 Å². The summed E-state index contributed by atoms with van der Waals surface area (Å²) in [6.45, 7) is 2.99. The van der Waals surface area contributed by atoms with Gasteiger partial charge in [0, 0.05) is 12.1 Å². The molecule has 0 amide bonds. The lowest BCUT2D eigenvalue weighted by Crippen LogP contribution is -2.46. The van der Waals surface area contributed by atoms with Crippen molar-refractivity contribution in [2.75, 3.05) is 12.3 Å². The molecule has 2 aliphatic rings. The maximum absolute atomic E-state index is 12.2. The fourth-order valence-electron chi connectivity index (χ4n) is 3.39. The van der Waals surface area contributed by atoms with Crippen LogP contribution in [-0.4, -0.2) is 32.8 Å². The highest BCUT2D eigenvalue weighted by Crippen LogP contribution is 2.26. The minimum absolute atomic E-state index is 0.0916. The van der Waals surface area contributed by atoms with Gasteiger partial charge >= 0.3 is 0 Å². The Bertz CT molecular complexity index is 358. The third-order valence-corrected chi connectivity index (χ3v) is 6.13. The van der Waals surface area contributed by atoms with E-state index in [4.69, 9.17) is 0 Å². The van der Waals surface area contributed by atoms with E-state index in [1.165, 1.54) is 38.5 Å². The largest absolute Gasteiger partial charge is 0.313 e. The molecule has 2 atom stereocenters. The van der Waals surface area contributed by atoms with Crippen LogP contribution in [0.25, 0.3) is 0 Å². The maximum Gasteiger partial charge on any atom is 0.213 e. The highest BCUT2D eigenvalue weighted by molar-refractivity contribution is 7.89. The summed E-state index contributed by atoms with van der Waals surface area (Å²) >= 11 is 0. The van der Waals surface area contributed by atoms with Crippen LogP contribution in [0.15, 0.2) is 0 Å². The van der Waals surface area contributed by atoms with E-state index in [1.54, 1.807) is 0 Å². The summed E-state index contributed by atoms with van der Waals surface area (Å²) in [6, 6.07) is 0.235. The summed E-state index contributed by atoms with van der Waals surface area (Å²) in [5.74, 6) is 0.771. The lowest BCUT2D eigenvalue weighted by atomic mass is 9.85. The fraction of sp³-hybridized carbons (Fsp3) is 1.00. The van der Waals surface area contributed by atoms with Gasteiger partial charge in [-0.05, 0) is 45.1 Å². The Hall–Kier alpha value is -0.130. The highest BCUT2D eigenvalue weighted by Gasteiger charge is 2.26. The lowest BCUT2D eigenvalue weighted by molar-refractivity contribution is 0.302. The zero-order chi connectivity index (χ0) is 13.7. The molecule has 2 N–H and O–H groups in total. The van der Waals surface area contributed by atoms with Crippen LogP contribution in [0.3, 0.4) is 0 Å². The molecule has 0 aromatic rings. The normalized spacial score (nSPS) is 28.2. The van der Waals surface area contributed by atoms with Crippen LogP contribution in [0, 0.1) is 5.92 Å². The SMILES string of the molecule is CC(NS(=O)(=O)CC1CCCCN1)C1CCCCC1. The van der Waals surface area contributed by atoms with Gasteiger partial charge < -0.3 is 5.32 Å². The number of hydrogen-bond acceptors (Lipinski definition) is 3. The molecule has 1 saturated heterocycles. The van der Waals surface area contributed by atoms with E-state index >= 15 is 0 Å². The lowest BCUT2D eigenvalue weighted by Gasteiger charge is -2.29. The van der Waals surface area contributed by atoms with Crippen molar-refractivity contribution in [3.05, 3.63) is 0 Å². The molecule has 112 valence electrons. The van der Waals surface area contributed by atoms with E-state index in [1.807, 2.05) is 6.92 Å². The second-order valence-corrected chi connectivity index (χ2v) is 8.03. The number of sulfonamides is 1. The van der Waals surface area contributed by atoms with Crippen molar-refractivity contribution < 1.29 is 8.42 Å². The Labute approximate surface area is 117 Å². The standard InChI is InChI=1S/C14H28N2O2S/c1-12(13-7-3-2-4-8-13)16-19(17,18)11-14-9-5-6-10-15-14/h12-16H,2-11H2,1H3. The van der Waals surface area contributed by atoms with Crippen molar-refractivity contribution in [1.29, 1.82) is 0 Å². The summed E-state index contributed by atoms with van der Waals surface area (Å²) in [5.41, 5.74) is 0. The Kier molecular flexibility index (Phi) is 5.66. The maximum atomic E-state index is 12.2. The van der Waals surface area contributed by atoms with E-state index < -0.39 is 10.0 Å². The van der Waals surface area contributed by atoms with Gasteiger partial charge in [-0.1, -0.05) is 25.7 Å². The third kappa shape index (κ3) is 5.04. The van der Waals surface area contributed by atoms with Crippen molar-refractivity contribution in [3.8, 4) is 0 Å². The monoisotopic (exact) mass is 288 g/mol. The number of hydrogen-bond donors (Lipinski definition) is 2. The topological polar surface area (TPSA) is 58.2 Å².